The second kappa shape index (κ2) is 2.51. The first-order valence-electron chi connectivity index (χ1n) is 4.37. The van der Waals surface area contributed by atoms with Crippen molar-refractivity contribution in [2.75, 3.05) is 13.1 Å². The molecule has 2 fully saturated rings. The van der Waals surface area contributed by atoms with Crippen molar-refractivity contribution in [3.8, 4) is 0 Å². The minimum atomic E-state index is 0.483. The van der Waals surface area contributed by atoms with E-state index in [0.29, 0.717) is 6.04 Å². The first-order valence-corrected chi connectivity index (χ1v) is 4.37. The standard InChI is InChI=1S/C8H16N2/c9-7-3-1-5-10-6-2-4-8(7)10/h7-8H,1-6,9H2/t7-,8-/m0/s1. The molecule has 0 amide bonds. The fourth-order valence-corrected chi connectivity index (χ4v) is 2.34. The van der Waals surface area contributed by atoms with Crippen LogP contribution in [0.15, 0.2) is 0 Å². The molecule has 2 aliphatic heterocycles. The molecule has 0 unspecified atom stereocenters. The van der Waals surface area contributed by atoms with E-state index in [0.717, 1.165) is 6.04 Å². The van der Waals surface area contributed by atoms with Gasteiger partial charge >= 0.3 is 0 Å². The van der Waals surface area contributed by atoms with E-state index < -0.39 is 0 Å². The van der Waals surface area contributed by atoms with Gasteiger partial charge in [0.05, 0.1) is 0 Å². The Bertz CT molecular complexity index is 124. The maximum absolute atomic E-state index is 5.98. The predicted octanol–water partition coefficient (Wildman–Crippen LogP) is 0.572. The topological polar surface area (TPSA) is 29.3 Å². The van der Waals surface area contributed by atoms with Crippen molar-refractivity contribution in [1.82, 2.24) is 4.90 Å². The van der Waals surface area contributed by atoms with E-state index in [-0.39, 0.29) is 0 Å². The van der Waals surface area contributed by atoms with Crippen LogP contribution in [0.25, 0.3) is 0 Å². The lowest BCUT2D eigenvalue weighted by Gasteiger charge is -2.34. The molecule has 0 saturated carbocycles. The number of hydrogen-bond donors (Lipinski definition) is 1. The van der Waals surface area contributed by atoms with Crippen molar-refractivity contribution < 1.29 is 0 Å². The van der Waals surface area contributed by atoms with E-state index >= 15 is 0 Å². The summed E-state index contributed by atoms with van der Waals surface area (Å²) < 4.78 is 0. The van der Waals surface area contributed by atoms with Crippen molar-refractivity contribution in [3.63, 3.8) is 0 Å². The second-order valence-electron chi connectivity index (χ2n) is 3.55. The van der Waals surface area contributed by atoms with Crippen LogP contribution in [-0.4, -0.2) is 30.1 Å². The summed E-state index contributed by atoms with van der Waals surface area (Å²) >= 11 is 0. The Hall–Kier alpha value is -0.0800. The number of piperidine rings is 1. The van der Waals surface area contributed by atoms with Crippen molar-refractivity contribution in [2.45, 2.75) is 37.8 Å². The highest BCUT2D eigenvalue weighted by molar-refractivity contribution is 4.90. The van der Waals surface area contributed by atoms with Gasteiger partial charge in [0, 0.05) is 12.1 Å². The normalized spacial score (nSPS) is 41.7. The lowest BCUT2D eigenvalue weighted by Crippen LogP contribution is -2.48. The summed E-state index contributed by atoms with van der Waals surface area (Å²) in [7, 11) is 0. The van der Waals surface area contributed by atoms with Crippen LogP contribution in [0.5, 0.6) is 0 Å². The number of fused-ring (bicyclic) bond motifs is 1. The van der Waals surface area contributed by atoms with E-state index in [2.05, 4.69) is 4.90 Å². The summed E-state index contributed by atoms with van der Waals surface area (Å²) in [6.07, 6.45) is 5.29. The molecule has 2 N–H and O–H groups in total. The maximum atomic E-state index is 5.98. The predicted molar refractivity (Wildman–Crippen MR) is 41.8 cm³/mol. The first-order chi connectivity index (χ1) is 4.88. The van der Waals surface area contributed by atoms with Crippen molar-refractivity contribution in [2.24, 2.45) is 5.73 Å². The SMILES string of the molecule is N[C@H]1CCCN2CCC[C@@H]12. The summed E-state index contributed by atoms with van der Waals surface area (Å²) in [6.45, 7) is 2.61. The Labute approximate surface area is 62.4 Å². The van der Waals surface area contributed by atoms with Gasteiger partial charge in [-0.25, -0.2) is 0 Å². The summed E-state index contributed by atoms with van der Waals surface area (Å²) in [5.41, 5.74) is 5.98. The van der Waals surface area contributed by atoms with E-state index in [1.807, 2.05) is 0 Å². The molecule has 2 heterocycles. The monoisotopic (exact) mass is 140 g/mol. The van der Waals surface area contributed by atoms with Crippen LogP contribution >= 0.6 is 0 Å². The lowest BCUT2D eigenvalue weighted by atomic mass is 9.98. The van der Waals surface area contributed by atoms with Crippen LogP contribution in [0.3, 0.4) is 0 Å². The molecule has 0 bridgehead atoms. The second-order valence-corrected chi connectivity index (χ2v) is 3.55. The van der Waals surface area contributed by atoms with Crippen LogP contribution in [0.1, 0.15) is 25.7 Å². The van der Waals surface area contributed by atoms with Gasteiger partial charge in [-0.2, -0.15) is 0 Å². The van der Waals surface area contributed by atoms with Crippen molar-refractivity contribution >= 4 is 0 Å². The van der Waals surface area contributed by atoms with Crippen LogP contribution in [0, 0.1) is 0 Å². The maximum Gasteiger partial charge on any atom is 0.0247 e. The van der Waals surface area contributed by atoms with Crippen LogP contribution in [-0.2, 0) is 0 Å². The average molecular weight is 140 g/mol. The molecule has 0 aromatic heterocycles. The van der Waals surface area contributed by atoms with Crippen LogP contribution in [0.4, 0.5) is 0 Å². The molecular weight excluding hydrogens is 124 g/mol. The van der Waals surface area contributed by atoms with Crippen LogP contribution < -0.4 is 5.73 Å². The highest BCUT2D eigenvalue weighted by Gasteiger charge is 2.31. The van der Waals surface area contributed by atoms with E-state index in [1.54, 1.807) is 0 Å². The van der Waals surface area contributed by atoms with Gasteiger partial charge < -0.3 is 5.73 Å². The molecule has 58 valence electrons. The number of nitrogens with two attached hydrogens (primary N) is 1. The van der Waals surface area contributed by atoms with E-state index in [1.165, 1.54) is 38.8 Å². The van der Waals surface area contributed by atoms with Gasteiger partial charge in [0.1, 0.15) is 0 Å². The summed E-state index contributed by atoms with van der Waals surface area (Å²) in [5, 5.41) is 0. The smallest absolute Gasteiger partial charge is 0.0247 e. The van der Waals surface area contributed by atoms with Gasteiger partial charge in [-0.3, -0.25) is 4.90 Å². The average Bonchev–Trinajstić information content (AvgIpc) is 2.36. The Morgan fingerprint density at radius 3 is 2.50 bits per heavy atom. The lowest BCUT2D eigenvalue weighted by molar-refractivity contribution is 0.174. The van der Waals surface area contributed by atoms with Gasteiger partial charge in [0.15, 0.2) is 0 Å². The Balaban J connectivity index is 2.03. The fourth-order valence-electron chi connectivity index (χ4n) is 2.34. The molecule has 2 aliphatic rings. The van der Waals surface area contributed by atoms with Crippen molar-refractivity contribution in [1.29, 1.82) is 0 Å². The minimum Gasteiger partial charge on any atom is -0.326 e. The Morgan fingerprint density at radius 2 is 1.80 bits per heavy atom. The zero-order valence-corrected chi connectivity index (χ0v) is 6.42. The molecule has 2 nitrogen and oxygen atoms in total. The molecule has 10 heavy (non-hydrogen) atoms. The third-order valence-electron chi connectivity index (χ3n) is 2.89. The van der Waals surface area contributed by atoms with Gasteiger partial charge in [-0.1, -0.05) is 0 Å². The number of nitrogens with zero attached hydrogens (tertiary/aromatic N) is 1. The van der Waals surface area contributed by atoms with Gasteiger partial charge in [0.2, 0.25) is 0 Å². The first kappa shape index (κ1) is 6.62. The highest BCUT2D eigenvalue weighted by atomic mass is 15.2. The molecular formula is C8H16N2. The summed E-state index contributed by atoms with van der Waals surface area (Å²) in [6, 6.07) is 1.23. The molecule has 0 spiro atoms. The zero-order valence-electron chi connectivity index (χ0n) is 6.42. The van der Waals surface area contributed by atoms with Gasteiger partial charge in [0.25, 0.3) is 0 Å². The molecule has 0 aliphatic carbocycles. The summed E-state index contributed by atoms with van der Waals surface area (Å²) in [5.74, 6) is 0. The Kier molecular flexibility index (Phi) is 1.66. The molecule has 0 radical (unpaired) electrons. The molecule has 2 saturated heterocycles. The van der Waals surface area contributed by atoms with Crippen molar-refractivity contribution in [3.05, 3.63) is 0 Å². The molecule has 0 aromatic carbocycles. The number of hydrogen-bond acceptors (Lipinski definition) is 2. The van der Waals surface area contributed by atoms with Gasteiger partial charge in [-0.05, 0) is 38.8 Å². The Morgan fingerprint density at radius 1 is 1.10 bits per heavy atom. The van der Waals surface area contributed by atoms with Gasteiger partial charge in [-0.15, -0.1) is 0 Å². The summed E-state index contributed by atoms with van der Waals surface area (Å²) in [4.78, 5) is 2.56. The van der Waals surface area contributed by atoms with Crippen LogP contribution in [0.2, 0.25) is 0 Å². The van der Waals surface area contributed by atoms with E-state index in [9.17, 15) is 0 Å². The van der Waals surface area contributed by atoms with E-state index in [4.69, 9.17) is 5.73 Å². The molecule has 2 rings (SSSR count). The molecule has 2 atom stereocenters. The quantitative estimate of drug-likeness (QED) is 0.533. The largest absolute Gasteiger partial charge is 0.326 e. The minimum absolute atomic E-state index is 0.483. The third-order valence-corrected chi connectivity index (χ3v) is 2.89. The third kappa shape index (κ3) is 0.956. The molecule has 2 heteroatoms. The molecule has 0 aromatic rings. The zero-order chi connectivity index (χ0) is 6.97. The highest BCUT2D eigenvalue weighted by Crippen LogP contribution is 2.25. The number of rotatable bonds is 0. The fraction of sp³-hybridized carbons (Fsp3) is 1.00.